The molecule has 0 aliphatic heterocycles. The van der Waals surface area contributed by atoms with Crippen LogP contribution in [0.25, 0.3) is 0 Å². The first-order valence-corrected chi connectivity index (χ1v) is 6.17. The van der Waals surface area contributed by atoms with E-state index >= 15 is 0 Å². The highest BCUT2D eigenvalue weighted by atomic mass is 16.7. The maximum atomic E-state index is 10.6. The van der Waals surface area contributed by atoms with Crippen LogP contribution in [-0.2, 0) is 4.74 Å². The Hall–Kier alpha value is -0.990. The van der Waals surface area contributed by atoms with E-state index in [9.17, 15) is 4.79 Å². The Morgan fingerprint density at radius 1 is 1.12 bits per heavy atom. The third kappa shape index (κ3) is 1.45. The van der Waals surface area contributed by atoms with E-state index in [4.69, 9.17) is 9.84 Å². The second-order valence-corrected chi connectivity index (χ2v) is 5.99. The van der Waals surface area contributed by atoms with Gasteiger partial charge in [0.2, 0.25) is 0 Å². The first-order chi connectivity index (χ1) is 7.57. The van der Waals surface area contributed by atoms with Gasteiger partial charge >= 0.3 is 6.16 Å². The van der Waals surface area contributed by atoms with Gasteiger partial charge in [-0.05, 0) is 56.3 Å². The van der Waals surface area contributed by atoms with Crippen LogP contribution in [0.2, 0.25) is 0 Å². The van der Waals surface area contributed by atoms with Crippen LogP contribution in [0.1, 0.15) is 38.5 Å². The van der Waals surface area contributed by atoms with Crippen molar-refractivity contribution in [3.63, 3.8) is 0 Å². The monoisotopic (exact) mass is 222 g/mol. The van der Waals surface area contributed by atoms with Crippen LogP contribution in [-0.4, -0.2) is 11.3 Å². The number of hydrogen-bond donors (Lipinski definition) is 1. The van der Waals surface area contributed by atoms with Gasteiger partial charge < -0.3 is 9.84 Å². The fraction of sp³-hybridized carbons (Fsp3) is 0.769. The van der Waals surface area contributed by atoms with Crippen LogP contribution in [0.15, 0.2) is 12.3 Å². The molecule has 1 N–H and O–H groups in total. The normalized spacial score (nSPS) is 44.4. The maximum absolute atomic E-state index is 10.6. The van der Waals surface area contributed by atoms with E-state index in [2.05, 4.69) is 6.58 Å². The van der Waals surface area contributed by atoms with Gasteiger partial charge in [-0.2, -0.15) is 0 Å². The molecule has 4 aliphatic carbocycles. The summed E-state index contributed by atoms with van der Waals surface area (Å²) < 4.78 is 4.86. The summed E-state index contributed by atoms with van der Waals surface area (Å²) in [6.45, 7) is 3.88. The van der Waals surface area contributed by atoms with Gasteiger partial charge in [0.15, 0.2) is 0 Å². The number of ether oxygens (including phenoxy) is 1. The quantitative estimate of drug-likeness (QED) is 0.575. The molecular weight excluding hydrogens is 204 g/mol. The Morgan fingerprint density at radius 2 is 1.56 bits per heavy atom. The number of carbonyl (C=O) groups is 1. The zero-order valence-corrected chi connectivity index (χ0v) is 9.45. The number of rotatable bonds is 2. The topological polar surface area (TPSA) is 46.5 Å². The number of carboxylic acid groups (broad SMARTS) is 1. The standard InChI is InChI=1S/C13H18O3/c1-8(16-12(14)15)13-5-9-2-10(6-13)4-11(3-9)7-13/h9-11H,1-7H2,(H,14,15). The van der Waals surface area contributed by atoms with E-state index in [-0.39, 0.29) is 5.41 Å². The Labute approximate surface area is 95.5 Å². The first-order valence-electron chi connectivity index (χ1n) is 6.17. The molecule has 4 aliphatic rings. The first kappa shape index (κ1) is 10.2. The molecule has 0 amide bonds. The summed E-state index contributed by atoms with van der Waals surface area (Å²) in [6, 6.07) is 0. The lowest BCUT2D eigenvalue weighted by Crippen LogP contribution is -2.47. The van der Waals surface area contributed by atoms with Gasteiger partial charge in [-0.25, -0.2) is 4.79 Å². The summed E-state index contributed by atoms with van der Waals surface area (Å²) in [5.74, 6) is 2.89. The molecule has 88 valence electrons. The summed E-state index contributed by atoms with van der Waals surface area (Å²) in [7, 11) is 0. The minimum atomic E-state index is -1.21. The predicted molar refractivity (Wildman–Crippen MR) is 58.9 cm³/mol. The fourth-order valence-electron chi connectivity index (χ4n) is 4.67. The van der Waals surface area contributed by atoms with E-state index in [0.29, 0.717) is 5.76 Å². The SMILES string of the molecule is C=C(OC(=O)O)C12CC3CC(CC(C3)C1)C2. The van der Waals surface area contributed by atoms with Gasteiger partial charge in [0.25, 0.3) is 0 Å². The number of allylic oxidation sites excluding steroid dienone is 1. The van der Waals surface area contributed by atoms with E-state index < -0.39 is 6.16 Å². The number of hydrogen-bond acceptors (Lipinski definition) is 2. The van der Waals surface area contributed by atoms with E-state index in [0.717, 1.165) is 37.0 Å². The molecule has 0 aromatic carbocycles. The molecule has 0 atom stereocenters. The minimum absolute atomic E-state index is 0.00681. The molecular formula is C13H18O3. The molecule has 3 heteroatoms. The molecule has 0 heterocycles. The van der Waals surface area contributed by atoms with Crippen molar-refractivity contribution in [1.82, 2.24) is 0 Å². The van der Waals surface area contributed by atoms with Gasteiger partial charge in [-0.3, -0.25) is 0 Å². The smallest absolute Gasteiger partial charge is 0.449 e. The lowest BCUT2D eigenvalue weighted by atomic mass is 9.49. The summed E-state index contributed by atoms with van der Waals surface area (Å²) >= 11 is 0. The zero-order chi connectivity index (χ0) is 11.3. The molecule has 4 fully saturated rings. The highest BCUT2D eigenvalue weighted by Gasteiger charge is 2.53. The molecule has 0 aromatic rings. The summed E-state index contributed by atoms with van der Waals surface area (Å²) in [4.78, 5) is 10.6. The Balaban J connectivity index is 1.83. The van der Waals surface area contributed by atoms with Crippen LogP contribution >= 0.6 is 0 Å². The van der Waals surface area contributed by atoms with Crippen molar-refractivity contribution in [2.75, 3.05) is 0 Å². The van der Waals surface area contributed by atoms with Gasteiger partial charge in [0.05, 0.1) is 0 Å². The maximum Gasteiger partial charge on any atom is 0.511 e. The second kappa shape index (κ2) is 3.25. The van der Waals surface area contributed by atoms with E-state index in [1.54, 1.807) is 0 Å². The fourth-order valence-corrected chi connectivity index (χ4v) is 4.67. The van der Waals surface area contributed by atoms with Crippen LogP contribution in [0.4, 0.5) is 4.79 Å². The van der Waals surface area contributed by atoms with Crippen LogP contribution < -0.4 is 0 Å². The molecule has 0 unspecified atom stereocenters. The Bertz CT molecular complexity index is 310. The predicted octanol–water partition coefficient (Wildman–Crippen LogP) is 3.41. The highest BCUT2D eigenvalue weighted by molar-refractivity contribution is 5.58. The Morgan fingerprint density at radius 3 is 1.94 bits per heavy atom. The van der Waals surface area contributed by atoms with Gasteiger partial charge in [0.1, 0.15) is 5.76 Å². The van der Waals surface area contributed by atoms with Crippen molar-refractivity contribution in [1.29, 1.82) is 0 Å². The van der Waals surface area contributed by atoms with Crippen molar-refractivity contribution in [3.8, 4) is 0 Å². The van der Waals surface area contributed by atoms with Crippen molar-refractivity contribution in [2.45, 2.75) is 38.5 Å². The molecule has 0 radical (unpaired) electrons. The van der Waals surface area contributed by atoms with Gasteiger partial charge in [-0.1, -0.05) is 6.58 Å². The van der Waals surface area contributed by atoms with E-state index in [1.807, 2.05) is 0 Å². The summed E-state index contributed by atoms with van der Waals surface area (Å²) in [5, 5.41) is 8.70. The molecule has 4 bridgehead atoms. The Kier molecular flexibility index (Phi) is 2.07. The molecule has 0 spiro atoms. The van der Waals surface area contributed by atoms with Crippen molar-refractivity contribution >= 4 is 6.16 Å². The van der Waals surface area contributed by atoms with Crippen molar-refractivity contribution in [3.05, 3.63) is 12.3 Å². The van der Waals surface area contributed by atoms with Crippen LogP contribution in [0.3, 0.4) is 0 Å². The molecule has 4 rings (SSSR count). The molecule has 3 nitrogen and oxygen atoms in total. The van der Waals surface area contributed by atoms with E-state index in [1.165, 1.54) is 19.3 Å². The zero-order valence-electron chi connectivity index (χ0n) is 9.45. The van der Waals surface area contributed by atoms with Gasteiger partial charge in [0, 0.05) is 5.41 Å². The second-order valence-electron chi connectivity index (χ2n) is 5.99. The van der Waals surface area contributed by atoms with Crippen molar-refractivity contribution in [2.24, 2.45) is 23.2 Å². The van der Waals surface area contributed by atoms with Crippen LogP contribution in [0.5, 0.6) is 0 Å². The molecule has 0 aromatic heterocycles. The molecule has 4 saturated carbocycles. The molecule has 0 saturated heterocycles. The average molecular weight is 222 g/mol. The third-order valence-corrected chi connectivity index (χ3v) is 4.84. The van der Waals surface area contributed by atoms with Crippen LogP contribution in [0, 0.1) is 23.2 Å². The average Bonchev–Trinajstić information content (AvgIpc) is 2.13. The third-order valence-electron chi connectivity index (χ3n) is 4.84. The summed E-state index contributed by atoms with van der Waals surface area (Å²) in [5.41, 5.74) is -0.00681. The summed E-state index contributed by atoms with van der Waals surface area (Å²) in [6.07, 6.45) is 6.14. The minimum Gasteiger partial charge on any atom is -0.449 e. The molecule has 16 heavy (non-hydrogen) atoms. The van der Waals surface area contributed by atoms with Gasteiger partial charge in [-0.15, -0.1) is 0 Å². The van der Waals surface area contributed by atoms with Crippen molar-refractivity contribution < 1.29 is 14.6 Å². The highest BCUT2D eigenvalue weighted by Crippen LogP contribution is 2.62. The largest absolute Gasteiger partial charge is 0.511 e. The lowest BCUT2D eigenvalue weighted by molar-refractivity contribution is -0.0552. The lowest BCUT2D eigenvalue weighted by Gasteiger charge is -2.56.